The summed E-state index contributed by atoms with van der Waals surface area (Å²) in [5.74, 6) is -0.776. The van der Waals surface area contributed by atoms with E-state index in [1.165, 1.54) is 12.1 Å². The molecule has 2 aliphatic carbocycles. The third kappa shape index (κ3) is 1.98. The number of benzene rings is 1. The van der Waals surface area contributed by atoms with E-state index < -0.39 is 10.1 Å². The molecule has 4 rings (SSSR count). The molecule has 0 radical (unpaired) electrons. The van der Waals surface area contributed by atoms with Gasteiger partial charge in [-0.05, 0) is 24.1 Å². The van der Waals surface area contributed by atoms with Gasteiger partial charge in [-0.2, -0.15) is 8.42 Å². The van der Waals surface area contributed by atoms with Crippen molar-refractivity contribution in [3.8, 4) is 11.8 Å². The van der Waals surface area contributed by atoms with E-state index in [0.717, 1.165) is 12.0 Å². The van der Waals surface area contributed by atoms with Gasteiger partial charge in [-0.1, -0.05) is 41.7 Å². The first-order chi connectivity index (χ1) is 11.4. The molecule has 2 unspecified atom stereocenters. The lowest BCUT2D eigenvalue weighted by Gasteiger charge is -2.11. The van der Waals surface area contributed by atoms with Crippen LogP contribution in [0, 0.1) is 0 Å². The molecule has 7 heteroatoms. The van der Waals surface area contributed by atoms with E-state index in [4.69, 9.17) is 4.28 Å². The van der Waals surface area contributed by atoms with Crippen LogP contribution in [0.5, 0.6) is 11.8 Å². The Balaban J connectivity index is 1.72. The number of aromatic hydroxyl groups is 2. The highest BCUT2D eigenvalue weighted by atomic mass is 32.2. The summed E-state index contributed by atoms with van der Waals surface area (Å²) in [5, 5.41) is 20.6. The van der Waals surface area contributed by atoms with Crippen LogP contribution < -0.4 is 4.28 Å². The lowest BCUT2D eigenvalue weighted by atomic mass is 10.0. The van der Waals surface area contributed by atoms with Crippen LogP contribution in [0.4, 0.5) is 0 Å². The maximum atomic E-state index is 12.4. The first-order valence-corrected chi connectivity index (χ1v) is 8.85. The summed E-state index contributed by atoms with van der Waals surface area (Å²) in [6, 6.07) is 5.93. The summed E-state index contributed by atoms with van der Waals surface area (Å²) in [6.07, 6.45) is 6.26. The molecule has 6 nitrogen and oxygen atoms in total. The Morgan fingerprint density at radius 2 is 1.62 bits per heavy atom. The quantitative estimate of drug-likeness (QED) is 0.831. The number of fused-ring (bicyclic) bond motifs is 5. The molecule has 0 amide bonds. The van der Waals surface area contributed by atoms with E-state index in [1.807, 2.05) is 12.2 Å². The Labute approximate surface area is 139 Å². The maximum Gasteiger partial charge on any atom is 0.357 e. The maximum absolute atomic E-state index is 12.4. The van der Waals surface area contributed by atoms with Crippen molar-refractivity contribution in [2.45, 2.75) is 23.2 Å². The largest absolute Gasteiger partial charge is 0.492 e. The average Bonchev–Trinajstić information content (AvgIpc) is 3.25. The molecule has 1 heterocycles. The summed E-state index contributed by atoms with van der Waals surface area (Å²) in [4.78, 5) is -0.0816. The molecular weight excluding hydrogens is 330 g/mol. The van der Waals surface area contributed by atoms with Gasteiger partial charge in [-0.25, -0.2) is 0 Å². The van der Waals surface area contributed by atoms with E-state index in [0.29, 0.717) is 15.9 Å². The van der Waals surface area contributed by atoms with Gasteiger partial charge in [0.15, 0.2) is 0 Å². The first kappa shape index (κ1) is 14.9. The Morgan fingerprint density at radius 3 is 2.12 bits per heavy atom. The van der Waals surface area contributed by atoms with Crippen molar-refractivity contribution >= 4 is 16.2 Å². The van der Waals surface area contributed by atoms with Crippen LogP contribution in [-0.2, 0) is 10.1 Å². The fraction of sp³-hybridized carbons (Fsp3) is 0.176. The van der Waals surface area contributed by atoms with Crippen LogP contribution in [-0.4, -0.2) is 23.4 Å². The molecule has 0 fully saturated rings. The van der Waals surface area contributed by atoms with Gasteiger partial charge in [-0.15, -0.1) is 0 Å². The minimum Gasteiger partial charge on any atom is -0.492 e. The zero-order chi connectivity index (χ0) is 17.1. The van der Waals surface area contributed by atoms with Crippen molar-refractivity contribution in [2.75, 3.05) is 0 Å². The van der Waals surface area contributed by atoms with Gasteiger partial charge < -0.3 is 10.2 Å². The molecule has 2 aliphatic rings. The molecule has 0 spiro atoms. The fourth-order valence-electron chi connectivity index (χ4n) is 3.40. The molecule has 24 heavy (non-hydrogen) atoms. The molecule has 2 N–H and O–H groups in total. The second-order valence-electron chi connectivity index (χ2n) is 5.90. The Bertz CT molecular complexity index is 934. The number of allylic oxidation sites excluding steroid dienone is 2. The van der Waals surface area contributed by atoms with Gasteiger partial charge in [0.25, 0.3) is 0 Å². The predicted octanol–water partition coefficient (Wildman–Crippen LogP) is 2.50. The second kappa shape index (κ2) is 4.91. The summed E-state index contributed by atoms with van der Waals surface area (Å²) >= 11 is 0. The third-order valence-corrected chi connectivity index (χ3v) is 5.75. The Kier molecular flexibility index (Phi) is 3.05. The van der Waals surface area contributed by atoms with E-state index >= 15 is 0 Å². The summed E-state index contributed by atoms with van der Waals surface area (Å²) in [6.45, 7) is 3.61. The molecule has 1 aromatic carbocycles. The van der Waals surface area contributed by atoms with Crippen molar-refractivity contribution in [2.24, 2.45) is 0 Å². The minimum atomic E-state index is -4.20. The monoisotopic (exact) mass is 345 g/mol. The lowest BCUT2D eigenvalue weighted by molar-refractivity contribution is 0.200. The average molecular weight is 345 g/mol. The van der Waals surface area contributed by atoms with Crippen LogP contribution in [0.25, 0.3) is 6.08 Å². The SMILES string of the molecule is C=Cc1ccc(S(=O)(=O)On2c(O)c3c(c2O)C2C=CC3C2)cc1. The topological polar surface area (TPSA) is 88.8 Å². The summed E-state index contributed by atoms with van der Waals surface area (Å²) in [7, 11) is -4.20. The Morgan fingerprint density at radius 1 is 1.08 bits per heavy atom. The van der Waals surface area contributed by atoms with Crippen molar-refractivity contribution in [1.29, 1.82) is 0 Å². The Hall–Kier alpha value is -2.67. The molecule has 0 saturated carbocycles. The highest BCUT2D eigenvalue weighted by Gasteiger charge is 2.42. The molecule has 0 aliphatic heterocycles. The van der Waals surface area contributed by atoms with Crippen LogP contribution in [0.3, 0.4) is 0 Å². The highest BCUT2D eigenvalue weighted by molar-refractivity contribution is 7.87. The van der Waals surface area contributed by atoms with Crippen molar-refractivity contribution in [3.63, 3.8) is 0 Å². The standard InChI is InChI=1S/C17H15NO5S/c1-2-10-3-7-13(8-4-10)24(21,22)23-18-16(19)14-11-5-6-12(9-11)15(14)17(18)20/h2-8,11-12,19-20H,1,9H2. The summed E-state index contributed by atoms with van der Waals surface area (Å²) in [5.41, 5.74) is 1.84. The normalized spacial score (nSPS) is 21.0. The van der Waals surface area contributed by atoms with E-state index in [-0.39, 0.29) is 28.5 Å². The lowest BCUT2D eigenvalue weighted by Crippen LogP contribution is -2.20. The molecule has 2 bridgehead atoms. The van der Waals surface area contributed by atoms with Crippen molar-refractivity contribution in [1.82, 2.24) is 4.73 Å². The van der Waals surface area contributed by atoms with E-state index in [2.05, 4.69) is 6.58 Å². The zero-order valence-corrected chi connectivity index (χ0v) is 13.4. The van der Waals surface area contributed by atoms with Crippen LogP contribution in [0.2, 0.25) is 0 Å². The predicted molar refractivity (Wildman–Crippen MR) is 87.3 cm³/mol. The number of hydrogen-bond acceptors (Lipinski definition) is 5. The van der Waals surface area contributed by atoms with Crippen LogP contribution >= 0.6 is 0 Å². The van der Waals surface area contributed by atoms with Crippen LogP contribution in [0.15, 0.2) is 47.9 Å². The second-order valence-corrected chi connectivity index (χ2v) is 7.43. The molecular formula is C17H15NO5S. The van der Waals surface area contributed by atoms with Gasteiger partial charge in [0.1, 0.15) is 4.90 Å². The molecule has 124 valence electrons. The minimum absolute atomic E-state index is 0.0182. The fourth-order valence-corrected chi connectivity index (χ4v) is 4.29. The third-order valence-electron chi connectivity index (χ3n) is 4.56. The number of aromatic nitrogens is 1. The first-order valence-electron chi connectivity index (χ1n) is 7.44. The van der Waals surface area contributed by atoms with Gasteiger partial charge in [-0.3, -0.25) is 4.28 Å². The highest BCUT2D eigenvalue weighted by Crippen LogP contribution is 2.56. The van der Waals surface area contributed by atoms with Gasteiger partial charge in [0, 0.05) is 23.0 Å². The van der Waals surface area contributed by atoms with Crippen molar-refractivity contribution < 1.29 is 22.9 Å². The smallest absolute Gasteiger partial charge is 0.357 e. The van der Waals surface area contributed by atoms with Crippen molar-refractivity contribution in [3.05, 3.63) is 59.7 Å². The van der Waals surface area contributed by atoms with Gasteiger partial charge in [0.2, 0.25) is 11.8 Å². The van der Waals surface area contributed by atoms with Gasteiger partial charge >= 0.3 is 10.1 Å². The molecule has 1 aromatic heterocycles. The summed E-state index contributed by atoms with van der Waals surface area (Å²) < 4.78 is 30.4. The van der Waals surface area contributed by atoms with Crippen LogP contribution in [0.1, 0.15) is 34.9 Å². The number of nitrogens with zero attached hydrogens (tertiary/aromatic N) is 1. The number of hydrogen-bond donors (Lipinski definition) is 2. The van der Waals surface area contributed by atoms with Gasteiger partial charge in [0.05, 0.1) is 0 Å². The van der Waals surface area contributed by atoms with E-state index in [9.17, 15) is 18.6 Å². The molecule has 0 saturated heterocycles. The molecule has 2 atom stereocenters. The number of rotatable bonds is 4. The molecule has 2 aromatic rings. The van der Waals surface area contributed by atoms with E-state index in [1.54, 1.807) is 18.2 Å². The zero-order valence-electron chi connectivity index (χ0n) is 12.6.